The topological polar surface area (TPSA) is 104 Å². The zero-order valence-corrected chi connectivity index (χ0v) is 14.4. The Morgan fingerprint density at radius 1 is 1.38 bits per heavy atom. The normalized spacial score (nSPS) is 14.0. The number of H-pyrrole nitrogens is 1. The van der Waals surface area contributed by atoms with Crippen molar-refractivity contribution in [2.24, 2.45) is 0 Å². The molecule has 1 aliphatic rings. The summed E-state index contributed by atoms with van der Waals surface area (Å²) in [5.41, 5.74) is 1.76. The van der Waals surface area contributed by atoms with Gasteiger partial charge in [-0.25, -0.2) is 8.42 Å². The van der Waals surface area contributed by atoms with Gasteiger partial charge in [0.25, 0.3) is 10.0 Å². The van der Waals surface area contributed by atoms with E-state index in [1.165, 1.54) is 6.92 Å². The van der Waals surface area contributed by atoms with Crippen molar-refractivity contribution in [2.75, 3.05) is 22.8 Å². The lowest BCUT2D eigenvalue weighted by Gasteiger charge is -2.29. The van der Waals surface area contributed by atoms with Gasteiger partial charge in [0.15, 0.2) is 0 Å². The molecule has 2 heterocycles. The second-order valence-electron chi connectivity index (χ2n) is 5.57. The van der Waals surface area contributed by atoms with E-state index < -0.39 is 10.0 Å². The number of fused-ring (bicyclic) bond motifs is 1. The van der Waals surface area contributed by atoms with Crippen molar-refractivity contribution in [1.29, 1.82) is 0 Å². The summed E-state index contributed by atoms with van der Waals surface area (Å²) in [6, 6.07) is 4.85. The van der Waals surface area contributed by atoms with E-state index in [1.54, 1.807) is 36.9 Å². The molecule has 2 N–H and O–H groups in total. The molecule has 0 bridgehead atoms. The first-order valence-electron chi connectivity index (χ1n) is 7.39. The number of benzene rings is 1. The van der Waals surface area contributed by atoms with Gasteiger partial charge in [-0.3, -0.25) is 14.6 Å². The lowest BCUT2D eigenvalue weighted by atomic mass is 10.2. The molecular formula is C15H18N4O4S. The average molecular weight is 350 g/mol. The zero-order valence-electron chi connectivity index (χ0n) is 13.6. The minimum atomic E-state index is -3.78. The monoisotopic (exact) mass is 350 g/mol. The minimum absolute atomic E-state index is 0.124. The molecule has 9 heteroatoms. The third kappa shape index (κ3) is 2.82. The van der Waals surface area contributed by atoms with E-state index in [4.69, 9.17) is 4.74 Å². The van der Waals surface area contributed by atoms with Crippen LogP contribution in [0.5, 0.6) is 5.75 Å². The van der Waals surface area contributed by atoms with Crippen LogP contribution in [-0.4, -0.2) is 37.7 Å². The highest BCUT2D eigenvalue weighted by Crippen LogP contribution is 2.35. The summed E-state index contributed by atoms with van der Waals surface area (Å²) in [4.78, 5) is 13.4. The molecule has 0 saturated heterocycles. The quantitative estimate of drug-likeness (QED) is 0.874. The molecular weight excluding hydrogens is 332 g/mol. The smallest absolute Gasteiger partial charge is 0.265 e. The van der Waals surface area contributed by atoms with E-state index in [2.05, 4.69) is 14.9 Å². The van der Waals surface area contributed by atoms with Crippen LogP contribution in [0, 0.1) is 13.8 Å². The van der Waals surface area contributed by atoms with Crippen molar-refractivity contribution in [1.82, 2.24) is 10.2 Å². The van der Waals surface area contributed by atoms with Crippen LogP contribution in [-0.2, 0) is 14.8 Å². The number of carbonyl (C=O) groups excluding carboxylic acids is 1. The van der Waals surface area contributed by atoms with Crippen LogP contribution in [0.25, 0.3) is 0 Å². The van der Waals surface area contributed by atoms with Gasteiger partial charge in [0, 0.05) is 6.92 Å². The summed E-state index contributed by atoms with van der Waals surface area (Å²) in [6.45, 7) is 5.57. The number of nitrogens with zero attached hydrogens (tertiary/aromatic N) is 2. The molecule has 0 aliphatic carbocycles. The van der Waals surface area contributed by atoms with Crippen LogP contribution < -0.4 is 14.4 Å². The number of amides is 1. The summed E-state index contributed by atoms with van der Waals surface area (Å²) in [5, 5.41) is 6.57. The van der Waals surface area contributed by atoms with Crippen molar-refractivity contribution in [3.05, 3.63) is 29.6 Å². The summed E-state index contributed by atoms with van der Waals surface area (Å²) >= 11 is 0. The van der Waals surface area contributed by atoms with Crippen molar-refractivity contribution < 1.29 is 17.9 Å². The van der Waals surface area contributed by atoms with Gasteiger partial charge < -0.3 is 9.64 Å². The third-order valence-corrected chi connectivity index (χ3v) is 5.43. The molecule has 1 aromatic heterocycles. The molecule has 0 atom stereocenters. The zero-order chi connectivity index (χ0) is 17.5. The number of aryl methyl sites for hydroxylation is 2. The summed E-state index contributed by atoms with van der Waals surface area (Å²) in [5.74, 6) is 0.427. The molecule has 24 heavy (non-hydrogen) atoms. The molecule has 1 aliphatic heterocycles. The molecule has 0 spiro atoms. The number of ether oxygens (including phenoxy) is 1. The fourth-order valence-corrected chi connectivity index (χ4v) is 4.17. The Morgan fingerprint density at radius 2 is 2.12 bits per heavy atom. The van der Waals surface area contributed by atoms with Gasteiger partial charge in [-0.15, -0.1) is 0 Å². The second-order valence-corrected chi connectivity index (χ2v) is 7.19. The van der Waals surface area contributed by atoms with Crippen LogP contribution >= 0.6 is 0 Å². The summed E-state index contributed by atoms with van der Waals surface area (Å²) in [7, 11) is -3.78. The Kier molecular flexibility index (Phi) is 3.96. The Morgan fingerprint density at radius 3 is 2.75 bits per heavy atom. The number of rotatable bonds is 3. The molecule has 0 fully saturated rings. The molecule has 2 aromatic rings. The predicted octanol–water partition coefficient (Wildman–Crippen LogP) is 1.57. The van der Waals surface area contributed by atoms with Crippen LogP contribution in [0.1, 0.15) is 18.3 Å². The molecule has 1 aromatic carbocycles. The van der Waals surface area contributed by atoms with Gasteiger partial charge >= 0.3 is 0 Å². The first kappa shape index (κ1) is 16.3. The largest absolute Gasteiger partial charge is 0.490 e. The van der Waals surface area contributed by atoms with Gasteiger partial charge in [0.05, 0.1) is 29.3 Å². The standard InChI is InChI=1S/C15H18N4O4S/c1-9-15(10(2)17-16-9)24(21,22)18-12-4-5-14-13(8-12)19(11(3)20)6-7-23-14/h4-5,8,18H,6-7H2,1-3H3,(H,16,17). The Balaban J connectivity index is 1.97. The molecule has 128 valence electrons. The van der Waals surface area contributed by atoms with E-state index in [-0.39, 0.29) is 10.8 Å². The van der Waals surface area contributed by atoms with Crippen molar-refractivity contribution in [3.8, 4) is 5.75 Å². The number of nitrogens with one attached hydrogen (secondary N) is 2. The number of hydrogen-bond acceptors (Lipinski definition) is 5. The third-order valence-electron chi connectivity index (χ3n) is 3.78. The fourth-order valence-electron chi connectivity index (χ4n) is 2.75. The van der Waals surface area contributed by atoms with Gasteiger partial charge in [-0.2, -0.15) is 5.10 Å². The van der Waals surface area contributed by atoms with Crippen LogP contribution in [0.3, 0.4) is 0 Å². The number of sulfonamides is 1. The number of aromatic amines is 1. The molecule has 1 amide bonds. The summed E-state index contributed by atoms with van der Waals surface area (Å²) in [6.07, 6.45) is 0. The van der Waals surface area contributed by atoms with Gasteiger partial charge in [0.2, 0.25) is 5.91 Å². The molecule has 8 nitrogen and oxygen atoms in total. The van der Waals surface area contributed by atoms with Gasteiger partial charge in [-0.05, 0) is 32.0 Å². The van der Waals surface area contributed by atoms with E-state index >= 15 is 0 Å². The van der Waals surface area contributed by atoms with Crippen LogP contribution in [0.4, 0.5) is 11.4 Å². The lowest BCUT2D eigenvalue weighted by molar-refractivity contribution is -0.116. The highest BCUT2D eigenvalue weighted by molar-refractivity contribution is 7.92. The number of aromatic nitrogens is 2. The number of anilines is 2. The van der Waals surface area contributed by atoms with Crippen molar-refractivity contribution in [2.45, 2.75) is 25.7 Å². The second kappa shape index (κ2) is 5.82. The molecule has 0 unspecified atom stereocenters. The lowest BCUT2D eigenvalue weighted by Crippen LogP contribution is -2.36. The highest BCUT2D eigenvalue weighted by atomic mass is 32.2. The molecule has 0 radical (unpaired) electrons. The molecule has 0 saturated carbocycles. The van der Waals surface area contributed by atoms with Crippen molar-refractivity contribution >= 4 is 27.3 Å². The summed E-state index contributed by atoms with van der Waals surface area (Å²) < 4.78 is 33.3. The van der Waals surface area contributed by atoms with Crippen LogP contribution in [0.15, 0.2) is 23.1 Å². The maximum absolute atomic E-state index is 12.6. The fraction of sp³-hybridized carbons (Fsp3) is 0.333. The number of carbonyl (C=O) groups is 1. The van der Waals surface area contributed by atoms with Gasteiger partial charge in [0.1, 0.15) is 17.3 Å². The van der Waals surface area contributed by atoms with E-state index in [1.807, 2.05) is 0 Å². The SMILES string of the molecule is CC(=O)N1CCOc2ccc(NS(=O)(=O)c3c(C)n[nH]c3C)cc21. The predicted molar refractivity (Wildman–Crippen MR) is 88.8 cm³/mol. The van der Waals surface area contributed by atoms with Gasteiger partial charge in [-0.1, -0.05) is 0 Å². The maximum atomic E-state index is 12.6. The van der Waals surface area contributed by atoms with Crippen LogP contribution in [0.2, 0.25) is 0 Å². The minimum Gasteiger partial charge on any atom is -0.490 e. The Bertz CT molecular complexity index is 885. The Hall–Kier alpha value is -2.55. The highest BCUT2D eigenvalue weighted by Gasteiger charge is 2.25. The average Bonchev–Trinajstić information content (AvgIpc) is 2.85. The first-order valence-corrected chi connectivity index (χ1v) is 8.87. The van der Waals surface area contributed by atoms with E-state index in [0.29, 0.717) is 41.7 Å². The number of hydrogen-bond donors (Lipinski definition) is 2. The van der Waals surface area contributed by atoms with Crippen molar-refractivity contribution in [3.63, 3.8) is 0 Å². The molecule has 3 rings (SSSR count). The Labute approximate surface area is 139 Å². The van der Waals surface area contributed by atoms with E-state index in [0.717, 1.165) is 0 Å². The van der Waals surface area contributed by atoms with E-state index in [9.17, 15) is 13.2 Å². The first-order chi connectivity index (χ1) is 11.3. The maximum Gasteiger partial charge on any atom is 0.265 e.